The fourth-order valence-electron chi connectivity index (χ4n) is 2.24. The number of benzene rings is 2. The van der Waals surface area contributed by atoms with E-state index < -0.39 is 12.5 Å². The van der Waals surface area contributed by atoms with E-state index in [0.29, 0.717) is 12.2 Å². The molecule has 0 fully saturated rings. The maximum atomic E-state index is 12.5. The number of hydrogen-bond acceptors (Lipinski definition) is 4. The second-order valence-electron chi connectivity index (χ2n) is 5.18. The molecule has 0 aliphatic rings. The summed E-state index contributed by atoms with van der Waals surface area (Å²) >= 11 is 0. The van der Waals surface area contributed by atoms with Crippen LogP contribution in [0.15, 0.2) is 42.5 Å². The van der Waals surface area contributed by atoms with Crippen molar-refractivity contribution in [1.29, 1.82) is 0 Å². The Bertz CT molecular complexity index is 723. The van der Waals surface area contributed by atoms with Crippen LogP contribution in [0.3, 0.4) is 0 Å². The SMILES string of the molecule is CCNCc1cccc(NC(=O)c2ccc(OC)c(OC(F)F)c2)c1. The lowest BCUT2D eigenvalue weighted by molar-refractivity contribution is -0.0512. The van der Waals surface area contributed by atoms with E-state index in [1.54, 1.807) is 6.07 Å². The van der Waals surface area contributed by atoms with Crippen LogP contribution in [0.1, 0.15) is 22.8 Å². The van der Waals surface area contributed by atoms with Gasteiger partial charge in [-0.2, -0.15) is 8.78 Å². The lowest BCUT2D eigenvalue weighted by Gasteiger charge is -2.12. The van der Waals surface area contributed by atoms with E-state index >= 15 is 0 Å². The smallest absolute Gasteiger partial charge is 0.387 e. The van der Waals surface area contributed by atoms with Gasteiger partial charge in [0.05, 0.1) is 7.11 Å². The van der Waals surface area contributed by atoms with Crippen molar-refractivity contribution >= 4 is 11.6 Å². The molecule has 0 spiro atoms. The molecule has 0 saturated carbocycles. The molecular formula is C18H20F2N2O3. The molecule has 0 radical (unpaired) electrons. The van der Waals surface area contributed by atoms with Crippen molar-refractivity contribution in [1.82, 2.24) is 5.32 Å². The van der Waals surface area contributed by atoms with E-state index in [-0.39, 0.29) is 17.1 Å². The van der Waals surface area contributed by atoms with Gasteiger partial charge < -0.3 is 20.1 Å². The fourth-order valence-corrected chi connectivity index (χ4v) is 2.24. The molecule has 2 rings (SSSR count). The Labute approximate surface area is 144 Å². The number of nitrogens with one attached hydrogen (secondary N) is 2. The first-order valence-electron chi connectivity index (χ1n) is 7.77. The Morgan fingerprint density at radius 3 is 2.64 bits per heavy atom. The van der Waals surface area contributed by atoms with Crippen LogP contribution < -0.4 is 20.1 Å². The van der Waals surface area contributed by atoms with Gasteiger partial charge in [-0.1, -0.05) is 19.1 Å². The Morgan fingerprint density at radius 1 is 1.16 bits per heavy atom. The van der Waals surface area contributed by atoms with Gasteiger partial charge >= 0.3 is 6.61 Å². The third kappa shape index (κ3) is 5.42. The van der Waals surface area contributed by atoms with Crippen LogP contribution in [0, 0.1) is 0 Å². The van der Waals surface area contributed by atoms with Crippen LogP contribution >= 0.6 is 0 Å². The van der Waals surface area contributed by atoms with Crippen LogP contribution in [-0.4, -0.2) is 26.2 Å². The highest BCUT2D eigenvalue weighted by atomic mass is 19.3. The molecule has 0 atom stereocenters. The average Bonchev–Trinajstić information content (AvgIpc) is 2.59. The molecule has 0 bridgehead atoms. The van der Waals surface area contributed by atoms with Crippen molar-refractivity contribution in [3.8, 4) is 11.5 Å². The van der Waals surface area contributed by atoms with Gasteiger partial charge in [0, 0.05) is 17.8 Å². The van der Waals surface area contributed by atoms with Crippen molar-refractivity contribution in [2.75, 3.05) is 19.0 Å². The molecule has 134 valence electrons. The van der Waals surface area contributed by atoms with Crippen molar-refractivity contribution in [2.24, 2.45) is 0 Å². The molecule has 0 saturated heterocycles. The summed E-state index contributed by atoms with van der Waals surface area (Å²) in [6.07, 6.45) is 0. The third-order valence-electron chi connectivity index (χ3n) is 3.41. The first-order valence-corrected chi connectivity index (χ1v) is 7.77. The largest absolute Gasteiger partial charge is 0.493 e. The van der Waals surface area contributed by atoms with E-state index in [1.807, 2.05) is 25.1 Å². The minimum Gasteiger partial charge on any atom is -0.493 e. The molecule has 7 heteroatoms. The topological polar surface area (TPSA) is 59.6 Å². The van der Waals surface area contributed by atoms with Crippen molar-refractivity contribution < 1.29 is 23.0 Å². The molecule has 2 N–H and O–H groups in total. The Kier molecular flexibility index (Phi) is 6.71. The number of halogens is 2. The number of carbonyl (C=O) groups is 1. The van der Waals surface area contributed by atoms with Crippen LogP contribution in [0.5, 0.6) is 11.5 Å². The second-order valence-corrected chi connectivity index (χ2v) is 5.18. The maximum Gasteiger partial charge on any atom is 0.387 e. The van der Waals surface area contributed by atoms with Crippen LogP contribution in [-0.2, 0) is 6.54 Å². The third-order valence-corrected chi connectivity index (χ3v) is 3.41. The van der Waals surface area contributed by atoms with Crippen molar-refractivity contribution in [2.45, 2.75) is 20.1 Å². The zero-order valence-corrected chi connectivity index (χ0v) is 14.0. The van der Waals surface area contributed by atoms with Gasteiger partial charge in [-0.15, -0.1) is 0 Å². The molecule has 25 heavy (non-hydrogen) atoms. The fraction of sp³-hybridized carbons (Fsp3) is 0.278. The van der Waals surface area contributed by atoms with Gasteiger partial charge in [0.15, 0.2) is 11.5 Å². The molecular weight excluding hydrogens is 330 g/mol. The van der Waals surface area contributed by atoms with Crippen LogP contribution in [0.4, 0.5) is 14.5 Å². The summed E-state index contributed by atoms with van der Waals surface area (Å²) in [6.45, 7) is 0.536. The summed E-state index contributed by atoms with van der Waals surface area (Å²) < 4.78 is 34.3. The molecule has 2 aromatic carbocycles. The maximum absolute atomic E-state index is 12.5. The lowest BCUT2D eigenvalue weighted by Crippen LogP contribution is -2.14. The van der Waals surface area contributed by atoms with E-state index in [9.17, 15) is 13.6 Å². The van der Waals surface area contributed by atoms with Gasteiger partial charge in [-0.3, -0.25) is 4.79 Å². The second kappa shape index (κ2) is 8.98. The number of ether oxygens (including phenoxy) is 2. The van der Waals surface area contributed by atoms with E-state index in [0.717, 1.165) is 12.1 Å². The Hall–Kier alpha value is -2.67. The summed E-state index contributed by atoms with van der Waals surface area (Å²) in [4.78, 5) is 12.4. The number of alkyl halides is 2. The molecule has 0 unspecified atom stereocenters. The lowest BCUT2D eigenvalue weighted by atomic mass is 10.1. The predicted octanol–water partition coefficient (Wildman–Crippen LogP) is 3.66. The number of amides is 1. The summed E-state index contributed by atoms with van der Waals surface area (Å²) in [6, 6.07) is 11.5. The van der Waals surface area contributed by atoms with Gasteiger partial charge in [0.25, 0.3) is 5.91 Å². The van der Waals surface area contributed by atoms with Gasteiger partial charge in [-0.05, 0) is 42.4 Å². The first-order chi connectivity index (χ1) is 12.0. The Balaban J connectivity index is 2.15. The highest BCUT2D eigenvalue weighted by Gasteiger charge is 2.15. The van der Waals surface area contributed by atoms with E-state index in [1.165, 1.54) is 25.3 Å². The first kappa shape index (κ1) is 18.7. The number of anilines is 1. The molecule has 0 aliphatic heterocycles. The van der Waals surface area contributed by atoms with Crippen molar-refractivity contribution in [3.05, 3.63) is 53.6 Å². The van der Waals surface area contributed by atoms with E-state index in [4.69, 9.17) is 4.74 Å². The number of carbonyl (C=O) groups excluding carboxylic acids is 1. The molecule has 2 aromatic rings. The summed E-state index contributed by atoms with van der Waals surface area (Å²) in [5.41, 5.74) is 1.83. The summed E-state index contributed by atoms with van der Waals surface area (Å²) in [5, 5.41) is 5.94. The monoisotopic (exact) mass is 350 g/mol. The van der Waals surface area contributed by atoms with Gasteiger partial charge in [-0.25, -0.2) is 0 Å². The highest BCUT2D eigenvalue weighted by molar-refractivity contribution is 6.04. The molecule has 0 heterocycles. The Morgan fingerprint density at radius 2 is 1.96 bits per heavy atom. The minimum absolute atomic E-state index is 0.129. The standard InChI is InChI=1S/C18H20F2N2O3/c1-3-21-11-12-5-4-6-14(9-12)22-17(23)13-7-8-15(24-2)16(10-13)25-18(19)20/h4-10,18,21H,3,11H2,1-2H3,(H,22,23). The van der Waals surface area contributed by atoms with Crippen LogP contribution in [0.2, 0.25) is 0 Å². The predicted molar refractivity (Wildman–Crippen MR) is 91.4 cm³/mol. The van der Waals surface area contributed by atoms with Gasteiger partial charge in [0.1, 0.15) is 0 Å². The van der Waals surface area contributed by atoms with Gasteiger partial charge in [0.2, 0.25) is 0 Å². The number of rotatable bonds is 8. The normalized spacial score (nSPS) is 10.6. The summed E-state index contributed by atoms with van der Waals surface area (Å²) in [7, 11) is 1.34. The molecule has 1 amide bonds. The number of hydrogen-bond donors (Lipinski definition) is 2. The molecule has 5 nitrogen and oxygen atoms in total. The van der Waals surface area contributed by atoms with Crippen LogP contribution in [0.25, 0.3) is 0 Å². The zero-order chi connectivity index (χ0) is 18.2. The minimum atomic E-state index is -3.00. The van der Waals surface area contributed by atoms with E-state index in [2.05, 4.69) is 15.4 Å². The molecule has 0 aliphatic carbocycles. The zero-order valence-electron chi connectivity index (χ0n) is 14.0. The highest BCUT2D eigenvalue weighted by Crippen LogP contribution is 2.29. The number of methoxy groups -OCH3 is 1. The molecule has 0 aromatic heterocycles. The quantitative estimate of drug-likeness (QED) is 0.763. The summed E-state index contributed by atoms with van der Waals surface area (Å²) in [5.74, 6) is -0.488. The van der Waals surface area contributed by atoms with Crippen molar-refractivity contribution in [3.63, 3.8) is 0 Å². The average molecular weight is 350 g/mol.